The van der Waals surface area contributed by atoms with Crippen molar-refractivity contribution in [3.05, 3.63) is 28.2 Å². The molecule has 0 saturated heterocycles. The molecule has 3 fully saturated rings. The van der Waals surface area contributed by atoms with Gasteiger partial charge in [-0.25, -0.2) is 4.79 Å². The monoisotopic (exact) mass is 395 g/mol. The predicted octanol–water partition coefficient (Wildman–Crippen LogP) is 5.57. The van der Waals surface area contributed by atoms with Crippen molar-refractivity contribution in [2.75, 3.05) is 0 Å². The Morgan fingerprint density at radius 1 is 1.24 bits per heavy atom. The quantitative estimate of drug-likeness (QED) is 0.356. The molecule has 0 amide bonds. The number of carbonyl (C=O) groups is 1. The van der Waals surface area contributed by atoms with Crippen LogP contribution in [0.2, 0.25) is 0 Å². The lowest BCUT2D eigenvalue weighted by molar-refractivity contribution is -0.171. The average Bonchev–Trinajstić information content (AvgIpc) is 3.40. The number of hydrogen-bond acceptors (Lipinski definition) is 4. The summed E-state index contributed by atoms with van der Waals surface area (Å²) in [6.45, 7) is 4.70. The molecule has 0 bridgehead atoms. The molecule has 1 aliphatic heterocycles. The van der Waals surface area contributed by atoms with Gasteiger partial charge in [-0.1, -0.05) is 36.6 Å². The minimum atomic E-state index is -0.314. The molecule has 4 nitrogen and oxygen atoms in total. The van der Waals surface area contributed by atoms with Crippen LogP contribution in [0, 0.1) is 45.8 Å². The Morgan fingerprint density at radius 2 is 2.10 bits per heavy atom. The average molecular weight is 396 g/mol. The van der Waals surface area contributed by atoms with Crippen molar-refractivity contribution in [3.8, 4) is 0 Å². The maximum atomic E-state index is 12.2. The number of rotatable bonds is 3. The van der Waals surface area contributed by atoms with Crippen LogP contribution in [0.3, 0.4) is 0 Å². The molecule has 0 aromatic carbocycles. The molecule has 9 atom stereocenters. The second-order valence-electron chi connectivity index (χ2n) is 10.8. The van der Waals surface area contributed by atoms with Crippen LogP contribution in [-0.2, 0) is 9.53 Å². The van der Waals surface area contributed by atoms with Gasteiger partial charge < -0.3 is 4.74 Å². The summed E-state index contributed by atoms with van der Waals surface area (Å²) in [5.74, 6) is 3.99. The molecule has 6 rings (SSSR count). The topological polar surface area (TPSA) is 55.7 Å². The fourth-order valence-electron chi connectivity index (χ4n) is 9.26. The number of hydrogen-bond donors (Lipinski definition) is 0. The first kappa shape index (κ1) is 18.3. The van der Waals surface area contributed by atoms with E-state index in [1.165, 1.54) is 32.1 Å². The molecule has 4 heteroatoms. The van der Waals surface area contributed by atoms with Crippen LogP contribution >= 0.6 is 0 Å². The van der Waals surface area contributed by atoms with Gasteiger partial charge in [0.25, 0.3) is 0 Å². The molecule has 1 heterocycles. The number of fused-ring (bicyclic) bond motifs is 8. The predicted molar refractivity (Wildman–Crippen MR) is 111 cm³/mol. The second kappa shape index (κ2) is 6.04. The number of esters is 1. The molecule has 29 heavy (non-hydrogen) atoms. The molecule has 156 valence electrons. The van der Waals surface area contributed by atoms with E-state index in [1.54, 1.807) is 17.2 Å². The second-order valence-corrected chi connectivity index (χ2v) is 10.8. The zero-order valence-corrected chi connectivity index (χ0v) is 17.7. The van der Waals surface area contributed by atoms with Crippen molar-refractivity contribution in [2.24, 2.45) is 46.1 Å². The van der Waals surface area contributed by atoms with E-state index in [9.17, 15) is 9.70 Å². The van der Waals surface area contributed by atoms with E-state index in [0.717, 1.165) is 37.5 Å². The van der Waals surface area contributed by atoms with Crippen molar-refractivity contribution in [1.29, 1.82) is 0 Å². The van der Waals surface area contributed by atoms with E-state index in [4.69, 9.17) is 4.74 Å². The molecule has 0 N–H and O–H groups in total. The van der Waals surface area contributed by atoms with Crippen molar-refractivity contribution >= 4 is 5.97 Å². The lowest BCUT2D eigenvalue weighted by Crippen LogP contribution is -2.56. The van der Waals surface area contributed by atoms with Gasteiger partial charge in [0, 0.05) is 17.4 Å². The van der Waals surface area contributed by atoms with Gasteiger partial charge in [-0.15, -0.1) is 0 Å². The van der Waals surface area contributed by atoms with E-state index in [0.29, 0.717) is 23.7 Å². The van der Waals surface area contributed by atoms with Crippen LogP contribution in [0.5, 0.6) is 0 Å². The van der Waals surface area contributed by atoms with Crippen LogP contribution in [0.15, 0.2) is 28.5 Å². The summed E-state index contributed by atoms with van der Waals surface area (Å²) in [7, 11) is 0. The fourth-order valence-corrected chi connectivity index (χ4v) is 9.26. The van der Waals surface area contributed by atoms with Gasteiger partial charge in [0.05, 0.1) is 6.04 Å². The lowest BCUT2D eigenvalue weighted by atomic mass is 9.47. The summed E-state index contributed by atoms with van der Waals surface area (Å²) >= 11 is 0. The minimum absolute atomic E-state index is 0.00623. The molecule has 0 radical (unpaired) electrons. The van der Waals surface area contributed by atoms with E-state index >= 15 is 0 Å². The van der Waals surface area contributed by atoms with Gasteiger partial charge >= 0.3 is 5.97 Å². The number of carbonyl (C=O) groups excluding carboxylic acids is 1. The summed E-state index contributed by atoms with van der Waals surface area (Å²) in [6.07, 6.45) is 14.0. The molecule has 0 aromatic rings. The van der Waals surface area contributed by atoms with Gasteiger partial charge in [0.2, 0.25) is 0 Å². The van der Waals surface area contributed by atoms with Crippen LogP contribution < -0.4 is 0 Å². The highest BCUT2D eigenvalue weighted by molar-refractivity contribution is 5.85. The van der Waals surface area contributed by atoms with Crippen molar-refractivity contribution < 1.29 is 9.53 Å². The van der Waals surface area contributed by atoms with Crippen molar-refractivity contribution in [2.45, 2.75) is 83.3 Å². The SMILES string of the molecule is CCC1CC2=C(CCC(N=O)C2)C2CC[C@@]3(CC)C(C4CC4[C@@]34C=CC(=O)O4)C12. The van der Waals surface area contributed by atoms with E-state index in [1.807, 2.05) is 0 Å². The first-order chi connectivity index (χ1) is 14.1. The number of ether oxygens (including phenoxy) is 1. The zero-order valence-electron chi connectivity index (χ0n) is 17.7. The minimum Gasteiger partial charge on any atom is -0.451 e. The standard InChI is InChI=1S/C25H33NO3/c1-3-14-11-15-12-16(26-28)5-6-17(15)18-7-9-24(4-2)23(22(14)18)19-13-20(19)25(24)10-8-21(27)29-25/h8,10,14,16,18-20,22-23H,3-7,9,11-13H2,1-2H3/t14?,16?,18?,19?,20?,22?,23?,24-,25-/m0/s1. The van der Waals surface area contributed by atoms with Gasteiger partial charge in [-0.05, 0) is 87.0 Å². The molecular weight excluding hydrogens is 362 g/mol. The Bertz CT molecular complexity index is 830. The Morgan fingerprint density at radius 3 is 2.79 bits per heavy atom. The van der Waals surface area contributed by atoms with E-state index in [-0.39, 0.29) is 23.0 Å². The van der Waals surface area contributed by atoms with Crippen LogP contribution in [-0.4, -0.2) is 17.6 Å². The highest BCUT2D eigenvalue weighted by atomic mass is 16.6. The zero-order chi connectivity index (χ0) is 20.0. The molecule has 0 aromatic heterocycles. The first-order valence-corrected chi connectivity index (χ1v) is 12.0. The summed E-state index contributed by atoms with van der Waals surface area (Å²) in [6, 6.07) is 0.00623. The molecule has 1 spiro atoms. The van der Waals surface area contributed by atoms with Gasteiger partial charge in [0.15, 0.2) is 0 Å². The number of nitrogens with zero attached hydrogens (tertiary/aromatic N) is 1. The van der Waals surface area contributed by atoms with E-state index < -0.39 is 0 Å². The third-order valence-corrected chi connectivity index (χ3v) is 10.3. The maximum absolute atomic E-state index is 12.2. The molecule has 3 saturated carbocycles. The van der Waals surface area contributed by atoms with Gasteiger partial charge in [0.1, 0.15) is 5.60 Å². The van der Waals surface area contributed by atoms with Crippen LogP contribution in [0.1, 0.15) is 71.6 Å². The Labute approximate surface area is 173 Å². The fraction of sp³-hybridized carbons (Fsp3) is 0.800. The molecule has 6 aliphatic rings. The third-order valence-electron chi connectivity index (χ3n) is 10.3. The number of allylic oxidation sites excluding steroid dienone is 1. The van der Waals surface area contributed by atoms with Gasteiger partial charge in [-0.2, -0.15) is 4.91 Å². The van der Waals surface area contributed by atoms with Crippen LogP contribution in [0.25, 0.3) is 0 Å². The highest BCUT2D eigenvalue weighted by Crippen LogP contribution is 2.79. The first-order valence-electron chi connectivity index (χ1n) is 12.0. The van der Waals surface area contributed by atoms with Crippen LogP contribution in [0.4, 0.5) is 0 Å². The normalized spacial score (nSPS) is 51.9. The molecular formula is C25H33NO3. The van der Waals surface area contributed by atoms with E-state index in [2.05, 4.69) is 25.1 Å². The molecule has 7 unspecified atom stereocenters. The molecule has 5 aliphatic carbocycles. The Balaban J connectivity index is 1.42. The smallest absolute Gasteiger partial charge is 0.331 e. The summed E-state index contributed by atoms with van der Waals surface area (Å²) in [5, 5.41) is 3.40. The maximum Gasteiger partial charge on any atom is 0.331 e. The lowest BCUT2D eigenvalue weighted by Gasteiger charge is -2.58. The summed E-state index contributed by atoms with van der Waals surface area (Å²) in [5.41, 5.74) is 3.12. The number of nitroso groups, excluding NO2 is 1. The Kier molecular flexibility index (Phi) is 3.82. The summed E-state index contributed by atoms with van der Waals surface area (Å²) in [4.78, 5) is 23.4. The summed E-state index contributed by atoms with van der Waals surface area (Å²) < 4.78 is 6.20. The third kappa shape index (κ3) is 2.14. The van der Waals surface area contributed by atoms with Crippen molar-refractivity contribution in [3.63, 3.8) is 0 Å². The highest BCUT2D eigenvalue weighted by Gasteiger charge is 2.79. The largest absolute Gasteiger partial charge is 0.451 e. The van der Waals surface area contributed by atoms with Crippen molar-refractivity contribution in [1.82, 2.24) is 0 Å². The Hall–Kier alpha value is -1.45. The van der Waals surface area contributed by atoms with Gasteiger partial charge in [-0.3, -0.25) is 0 Å².